The van der Waals surface area contributed by atoms with Crippen molar-refractivity contribution < 1.29 is 9.90 Å². The van der Waals surface area contributed by atoms with E-state index in [1.807, 2.05) is 6.92 Å². The Morgan fingerprint density at radius 1 is 1.69 bits per heavy atom. The number of rotatable bonds is 3. The van der Waals surface area contributed by atoms with E-state index in [1.165, 1.54) is 18.3 Å². The van der Waals surface area contributed by atoms with Crippen LogP contribution in [0.25, 0.3) is 0 Å². The fraction of sp³-hybridized carbons (Fsp3) is 0.500. The summed E-state index contributed by atoms with van der Waals surface area (Å²) in [7, 11) is 0. The van der Waals surface area contributed by atoms with Crippen molar-refractivity contribution in [2.45, 2.75) is 26.0 Å². The van der Waals surface area contributed by atoms with Crippen molar-refractivity contribution in [2.24, 2.45) is 0 Å². The first kappa shape index (κ1) is 10.1. The molecular weight excluding hydrogens is 188 g/mol. The van der Waals surface area contributed by atoms with Crippen molar-refractivity contribution in [3.8, 4) is 0 Å². The van der Waals surface area contributed by atoms with E-state index in [-0.39, 0.29) is 11.9 Å². The Morgan fingerprint density at radius 3 is 2.85 bits per heavy atom. The molecule has 0 fully saturated rings. The number of carbonyl (C=O) groups is 1. The van der Waals surface area contributed by atoms with E-state index >= 15 is 0 Å². The van der Waals surface area contributed by atoms with Gasteiger partial charge in [-0.05, 0) is 13.8 Å². The lowest BCUT2D eigenvalue weighted by molar-refractivity contribution is -0.129. The average molecular weight is 200 g/mol. The van der Waals surface area contributed by atoms with Crippen LogP contribution in [0.3, 0.4) is 0 Å². The summed E-state index contributed by atoms with van der Waals surface area (Å²) in [6.07, 6.45) is 0.743. The molecule has 0 unspecified atom stereocenters. The summed E-state index contributed by atoms with van der Waals surface area (Å²) in [6, 6.07) is -0.0883. The maximum atomic E-state index is 11.1. The summed E-state index contributed by atoms with van der Waals surface area (Å²) in [6.45, 7) is 3.29. The zero-order valence-electron chi connectivity index (χ0n) is 7.52. The molecule has 1 amide bonds. The van der Waals surface area contributed by atoms with Crippen LogP contribution >= 0.6 is 11.3 Å². The molecular formula is C8H12N2O2S. The van der Waals surface area contributed by atoms with Gasteiger partial charge in [-0.2, -0.15) is 0 Å². The molecule has 5 heteroatoms. The molecule has 72 valence electrons. The fourth-order valence-electron chi connectivity index (χ4n) is 0.845. The zero-order valence-corrected chi connectivity index (χ0v) is 8.34. The second-order valence-corrected chi connectivity index (χ2v) is 3.73. The highest BCUT2D eigenvalue weighted by Gasteiger charge is 2.13. The molecule has 0 aromatic carbocycles. The van der Waals surface area contributed by atoms with E-state index in [4.69, 9.17) is 5.11 Å². The summed E-state index contributed by atoms with van der Waals surface area (Å²) >= 11 is 1.48. The average Bonchev–Trinajstić information content (AvgIpc) is 2.55. The van der Waals surface area contributed by atoms with E-state index in [9.17, 15) is 4.79 Å². The summed E-state index contributed by atoms with van der Waals surface area (Å²) < 4.78 is 0. The van der Waals surface area contributed by atoms with E-state index in [1.54, 1.807) is 11.7 Å². The number of carbonyl (C=O) groups excluding carboxylic acids is 1. The minimum atomic E-state index is -0.963. The summed E-state index contributed by atoms with van der Waals surface area (Å²) in [5.41, 5.74) is 1.71. The molecule has 0 saturated heterocycles. The Kier molecular flexibility index (Phi) is 3.39. The van der Waals surface area contributed by atoms with E-state index in [2.05, 4.69) is 10.3 Å². The topological polar surface area (TPSA) is 62.2 Å². The van der Waals surface area contributed by atoms with Crippen LogP contribution in [-0.4, -0.2) is 22.1 Å². The van der Waals surface area contributed by atoms with Crippen molar-refractivity contribution in [2.75, 3.05) is 0 Å². The number of nitrogens with zero attached hydrogens (tertiary/aromatic N) is 1. The van der Waals surface area contributed by atoms with Gasteiger partial charge in [0.15, 0.2) is 0 Å². The molecule has 1 aromatic heterocycles. The lowest BCUT2D eigenvalue weighted by Crippen LogP contribution is -2.34. The Hall–Kier alpha value is -0.940. The second kappa shape index (κ2) is 4.34. The minimum Gasteiger partial charge on any atom is -0.384 e. The highest BCUT2D eigenvalue weighted by atomic mass is 32.1. The predicted octanol–water partition coefficient (Wildman–Crippen LogP) is 0.701. The van der Waals surface area contributed by atoms with Gasteiger partial charge in [0.1, 0.15) is 6.10 Å². The smallest absolute Gasteiger partial charge is 0.249 e. The SMILES string of the molecule is C[C@H](O)C(=O)N[C@@H](C)c1cncs1. The van der Waals surface area contributed by atoms with Crippen molar-refractivity contribution in [3.63, 3.8) is 0 Å². The fourth-order valence-corrected chi connectivity index (χ4v) is 1.47. The van der Waals surface area contributed by atoms with E-state index in [0.717, 1.165) is 4.88 Å². The van der Waals surface area contributed by atoms with Crippen LogP contribution in [-0.2, 0) is 4.79 Å². The van der Waals surface area contributed by atoms with Crippen molar-refractivity contribution in [1.29, 1.82) is 0 Å². The molecule has 2 N–H and O–H groups in total. The highest BCUT2D eigenvalue weighted by Crippen LogP contribution is 2.15. The third kappa shape index (κ3) is 2.78. The number of hydrogen-bond donors (Lipinski definition) is 2. The van der Waals surface area contributed by atoms with Gasteiger partial charge in [0.2, 0.25) is 5.91 Å². The van der Waals surface area contributed by atoms with Crippen LogP contribution < -0.4 is 5.32 Å². The Morgan fingerprint density at radius 2 is 2.38 bits per heavy atom. The van der Waals surface area contributed by atoms with Gasteiger partial charge in [0, 0.05) is 11.1 Å². The van der Waals surface area contributed by atoms with Crippen molar-refractivity contribution in [3.05, 3.63) is 16.6 Å². The molecule has 1 rings (SSSR count). The van der Waals surface area contributed by atoms with Gasteiger partial charge in [-0.15, -0.1) is 11.3 Å². The van der Waals surface area contributed by atoms with Crippen LogP contribution in [0.1, 0.15) is 24.8 Å². The highest BCUT2D eigenvalue weighted by molar-refractivity contribution is 7.09. The molecule has 0 bridgehead atoms. The molecule has 0 aliphatic carbocycles. The van der Waals surface area contributed by atoms with Gasteiger partial charge in [-0.25, -0.2) is 0 Å². The lowest BCUT2D eigenvalue weighted by Gasteiger charge is -2.12. The predicted molar refractivity (Wildman–Crippen MR) is 50.4 cm³/mol. The van der Waals surface area contributed by atoms with Gasteiger partial charge >= 0.3 is 0 Å². The molecule has 0 aliphatic heterocycles. The number of thiazole rings is 1. The van der Waals surface area contributed by atoms with E-state index < -0.39 is 6.10 Å². The third-order valence-electron chi connectivity index (χ3n) is 1.62. The number of aliphatic hydroxyl groups excluding tert-OH is 1. The normalized spacial score (nSPS) is 15.0. The molecule has 0 saturated carbocycles. The molecule has 1 aromatic rings. The van der Waals surface area contributed by atoms with Gasteiger partial charge in [-0.3, -0.25) is 9.78 Å². The number of aliphatic hydroxyl groups is 1. The monoisotopic (exact) mass is 200 g/mol. The number of amides is 1. The first-order chi connectivity index (χ1) is 6.11. The van der Waals surface area contributed by atoms with Crippen molar-refractivity contribution in [1.82, 2.24) is 10.3 Å². The van der Waals surface area contributed by atoms with E-state index in [0.29, 0.717) is 0 Å². The molecule has 0 spiro atoms. The quantitative estimate of drug-likeness (QED) is 0.755. The van der Waals surface area contributed by atoms with Crippen LogP contribution in [0.15, 0.2) is 11.7 Å². The lowest BCUT2D eigenvalue weighted by atomic mass is 10.2. The van der Waals surface area contributed by atoms with Crippen molar-refractivity contribution >= 4 is 17.2 Å². The molecule has 4 nitrogen and oxygen atoms in total. The Labute approximate surface area is 80.6 Å². The summed E-state index contributed by atoms with van der Waals surface area (Å²) in [5, 5.41) is 11.6. The Bertz CT molecular complexity index is 272. The van der Waals surface area contributed by atoms with Gasteiger partial charge < -0.3 is 10.4 Å². The summed E-state index contributed by atoms with van der Waals surface area (Å²) in [4.78, 5) is 16.0. The minimum absolute atomic E-state index is 0.0883. The van der Waals surface area contributed by atoms with Crippen LogP contribution in [0.4, 0.5) is 0 Å². The first-order valence-electron chi connectivity index (χ1n) is 3.98. The maximum absolute atomic E-state index is 11.1. The third-order valence-corrected chi connectivity index (χ3v) is 2.57. The zero-order chi connectivity index (χ0) is 9.84. The van der Waals surface area contributed by atoms with Crippen LogP contribution in [0.2, 0.25) is 0 Å². The number of nitrogens with one attached hydrogen (secondary N) is 1. The maximum Gasteiger partial charge on any atom is 0.249 e. The van der Waals surface area contributed by atoms with Gasteiger partial charge in [0.25, 0.3) is 0 Å². The molecule has 0 radical (unpaired) electrons. The standard InChI is InChI=1S/C8H12N2O2S/c1-5(7-3-9-4-13-7)10-8(12)6(2)11/h3-6,11H,1-2H3,(H,10,12)/t5-,6-/m0/s1. The largest absolute Gasteiger partial charge is 0.384 e. The molecule has 13 heavy (non-hydrogen) atoms. The molecule has 2 atom stereocenters. The summed E-state index contributed by atoms with van der Waals surface area (Å²) in [5.74, 6) is -0.360. The first-order valence-corrected chi connectivity index (χ1v) is 4.86. The van der Waals surface area contributed by atoms with Crippen LogP contribution in [0.5, 0.6) is 0 Å². The second-order valence-electron chi connectivity index (χ2n) is 2.81. The molecule has 0 aliphatic rings. The Balaban J connectivity index is 2.51. The number of aromatic nitrogens is 1. The van der Waals surface area contributed by atoms with Gasteiger partial charge in [0.05, 0.1) is 11.6 Å². The van der Waals surface area contributed by atoms with Gasteiger partial charge in [-0.1, -0.05) is 0 Å². The number of hydrogen-bond acceptors (Lipinski definition) is 4. The van der Waals surface area contributed by atoms with Crippen LogP contribution in [0, 0.1) is 0 Å². The molecule has 1 heterocycles.